The van der Waals surface area contributed by atoms with Crippen LogP contribution in [0.15, 0.2) is 41.3 Å². The molecule has 0 aliphatic rings. The van der Waals surface area contributed by atoms with Crippen molar-refractivity contribution in [3.8, 4) is 5.75 Å². The fourth-order valence-electron chi connectivity index (χ4n) is 2.20. The third-order valence-electron chi connectivity index (χ3n) is 3.37. The maximum atomic E-state index is 14.0. The fraction of sp³-hybridized carbons (Fsp3) is 0.235. The molecule has 0 radical (unpaired) electrons. The molecule has 0 aromatic heterocycles. The molecular formula is C17H19FN2O4S. The lowest BCUT2D eigenvalue weighted by Gasteiger charge is -2.11. The van der Waals surface area contributed by atoms with Crippen molar-refractivity contribution >= 4 is 15.9 Å². The molecule has 8 heteroatoms. The van der Waals surface area contributed by atoms with Crippen molar-refractivity contribution in [2.45, 2.75) is 25.7 Å². The molecule has 2 N–H and O–H groups in total. The van der Waals surface area contributed by atoms with Gasteiger partial charge in [0, 0.05) is 5.56 Å². The van der Waals surface area contributed by atoms with Crippen LogP contribution in [0.5, 0.6) is 5.75 Å². The second-order valence-electron chi connectivity index (χ2n) is 5.41. The Balaban J connectivity index is 2.18. The summed E-state index contributed by atoms with van der Waals surface area (Å²) in [7, 11) is -4.24. The number of rotatable bonds is 6. The molecule has 0 saturated carbocycles. The second kappa shape index (κ2) is 7.62. The third kappa shape index (κ3) is 4.55. The first-order valence-corrected chi connectivity index (χ1v) is 9.04. The van der Waals surface area contributed by atoms with E-state index in [0.717, 1.165) is 11.6 Å². The number of hydrogen-bond acceptors (Lipinski definition) is 4. The summed E-state index contributed by atoms with van der Waals surface area (Å²) in [6.45, 7) is 5.48. The normalized spacial score (nSPS) is 11.2. The standard InChI is InChI=1S/C17H19FN2O4S/c1-4-24-14-9-11(2)8-13(10-14)17(21)19-20-25(22,23)15-7-5-6-12(3)16(15)18/h5-10,20H,4H2,1-3H3,(H,19,21). The van der Waals surface area contributed by atoms with Gasteiger partial charge in [-0.2, -0.15) is 0 Å². The van der Waals surface area contributed by atoms with Crippen LogP contribution in [0.2, 0.25) is 0 Å². The third-order valence-corrected chi connectivity index (χ3v) is 4.63. The number of aryl methyl sites for hydroxylation is 2. The van der Waals surface area contributed by atoms with Crippen LogP contribution in [0.25, 0.3) is 0 Å². The monoisotopic (exact) mass is 366 g/mol. The van der Waals surface area contributed by atoms with Gasteiger partial charge in [-0.15, -0.1) is 4.83 Å². The van der Waals surface area contributed by atoms with Gasteiger partial charge < -0.3 is 4.74 Å². The lowest BCUT2D eigenvalue weighted by Crippen LogP contribution is -2.41. The number of sulfonamides is 1. The van der Waals surface area contributed by atoms with Gasteiger partial charge in [-0.1, -0.05) is 12.1 Å². The average Bonchev–Trinajstić information content (AvgIpc) is 2.55. The van der Waals surface area contributed by atoms with Gasteiger partial charge in [0.15, 0.2) is 0 Å². The molecule has 0 spiro atoms. The Kier molecular flexibility index (Phi) is 5.76. The van der Waals surface area contributed by atoms with Crippen molar-refractivity contribution < 1.29 is 22.3 Å². The minimum Gasteiger partial charge on any atom is -0.494 e. The van der Waals surface area contributed by atoms with Crippen LogP contribution < -0.4 is 15.0 Å². The van der Waals surface area contributed by atoms with Gasteiger partial charge in [-0.05, 0) is 56.2 Å². The highest BCUT2D eigenvalue weighted by molar-refractivity contribution is 7.89. The van der Waals surface area contributed by atoms with Crippen LogP contribution in [0.4, 0.5) is 4.39 Å². The van der Waals surface area contributed by atoms with Crippen molar-refractivity contribution in [2.75, 3.05) is 6.61 Å². The number of carbonyl (C=O) groups excluding carboxylic acids is 1. The molecule has 134 valence electrons. The molecule has 1 amide bonds. The van der Waals surface area contributed by atoms with Crippen LogP contribution in [-0.4, -0.2) is 20.9 Å². The van der Waals surface area contributed by atoms with Crippen LogP contribution in [0, 0.1) is 19.7 Å². The molecule has 0 bridgehead atoms. The minimum absolute atomic E-state index is 0.189. The first kappa shape index (κ1) is 18.9. The van der Waals surface area contributed by atoms with Gasteiger partial charge in [-0.3, -0.25) is 10.2 Å². The summed E-state index contributed by atoms with van der Waals surface area (Å²) in [5.41, 5.74) is 3.27. The van der Waals surface area contributed by atoms with Gasteiger partial charge in [0.1, 0.15) is 16.5 Å². The lowest BCUT2D eigenvalue weighted by molar-refractivity contribution is 0.0944. The molecule has 6 nitrogen and oxygen atoms in total. The molecule has 0 saturated heterocycles. The van der Waals surface area contributed by atoms with Gasteiger partial charge >= 0.3 is 0 Å². The number of benzene rings is 2. The van der Waals surface area contributed by atoms with Crippen molar-refractivity contribution in [1.82, 2.24) is 10.3 Å². The topological polar surface area (TPSA) is 84.5 Å². The molecule has 0 aliphatic heterocycles. The number of halogens is 1. The van der Waals surface area contributed by atoms with E-state index in [-0.39, 0.29) is 11.1 Å². The highest BCUT2D eigenvalue weighted by atomic mass is 32.2. The largest absolute Gasteiger partial charge is 0.494 e. The molecule has 2 rings (SSSR count). The second-order valence-corrected chi connectivity index (χ2v) is 7.07. The first-order chi connectivity index (χ1) is 11.7. The Hall–Kier alpha value is -2.45. The first-order valence-electron chi connectivity index (χ1n) is 7.56. The molecule has 25 heavy (non-hydrogen) atoms. The lowest BCUT2D eigenvalue weighted by atomic mass is 10.1. The Morgan fingerprint density at radius 3 is 2.60 bits per heavy atom. The molecular weight excluding hydrogens is 347 g/mol. The Morgan fingerprint density at radius 1 is 1.20 bits per heavy atom. The van der Waals surface area contributed by atoms with Crippen LogP contribution in [-0.2, 0) is 10.0 Å². The van der Waals surface area contributed by atoms with E-state index in [1.165, 1.54) is 25.1 Å². The summed E-state index contributed by atoms with van der Waals surface area (Å²) in [4.78, 5) is 13.6. The molecule has 0 fully saturated rings. The van der Waals surface area contributed by atoms with E-state index in [4.69, 9.17) is 4.74 Å². The van der Waals surface area contributed by atoms with E-state index in [2.05, 4.69) is 5.43 Å². The maximum absolute atomic E-state index is 14.0. The molecule has 2 aromatic rings. The van der Waals surface area contributed by atoms with Crippen molar-refractivity contribution in [3.63, 3.8) is 0 Å². The van der Waals surface area contributed by atoms with Crippen molar-refractivity contribution in [2.24, 2.45) is 0 Å². The number of amides is 1. The van der Waals surface area contributed by atoms with E-state index in [9.17, 15) is 17.6 Å². The molecule has 2 aromatic carbocycles. The Morgan fingerprint density at radius 2 is 1.92 bits per heavy atom. The highest BCUT2D eigenvalue weighted by Crippen LogP contribution is 2.18. The number of nitrogens with one attached hydrogen (secondary N) is 2. The quantitative estimate of drug-likeness (QED) is 0.769. The summed E-state index contributed by atoms with van der Waals surface area (Å²) in [6, 6.07) is 8.83. The highest BCUT2D eigenvalue weighted by Gasteiger charge is 2.21. The number of hydrogen-bond donors (Lipinski definition) is 2. The maximum Gasteiger partial charge on any atom is 0.266 e. The Labute approximate surface area is 146 Å². The number of carbonyl (C=O) groups is 1. The molecule has 0 unspecified atom stereocenters. The fourth-order valence-corrected chi connectivity index (χ4v) is 3.19. The SMILES string of the molecule is CCOc1cc(C)cc(C(=O)NNS(=O)(=O)c2cccc(C)c2F)c1. The summed E-state index contributed by atoms with van der Waals surface area (Å²) in [5, 5.41) is 0. The van der Waals surface area contributed by atoms with Gasteiger partial charge in [0.2, 0.25) is 0 Å². The van der Waals surface area contributed by atoms with Crippen molar-refractivity contribution in [1.29, 1.82) is 0 Å². The smallest absolute Gasteiger partial charge is 0.266 e. The minimum atomic E-state index is -4.24. The predicted molar refractivity (Wildman–Crippen MR) is 91.3 cm³/mol. The van der Waals surface area contributed by atoms with Crippen LogP contribution in [0.3, 0.4) is 0 Å². The molecule has 0 aliphatic carbocycles. The van der Waals surface area contributed by atoms with E-state index in [0.29, 0.717) is 12.4 Å². The molecule has 0 heterocycles. The summed E-state index contributed by atoms with van der Waals surface area (Å²) < 4.78 is 43.7. The van der Waals surface area contributed by atoms with Crippen LogP contribution >= 0.6 is 0 Å². The molecule has 0 atom stereocenters. The van der Waals surface area contributed by atoms with E-state index < -0.39 is 26.6 Å². The van der Waals surface area contributed by atoms with Crippen LogP contribution in [0.1, 0.15) is 28.4 Å². The van der Waals surface area contributed by atoms with Gasteiger partial charge in [0.05, 0.1) is 6.61 Å². The average molecular weight is 366 g/mol. The Bertz CT molecular complexity index is 898. The zero-order valence-electron chi connectivity index (χ0n) is 14.1. The van der Waals surface area contributed by atoms with E-state index in [1.54, 1.807) is 19.1 Å². The summed E-state index contributed by atoms with van der Waals surface area (Å²) in [6.07, 6.45) is 0. The van der Waals surface area contributed by atoms with E-state index in [1.807, 2.05) is 11.8 Å². The number of hydrazine groups is 1. The van der Waals surface area contributed by atoms with E-state index >= 15 is 0 Å². The number of ether oxygens (including phenoxy) is 1. The summed E-state index contributed by atoms with van der Waals surface area (Å²) >= 11 is 0. The van der Waals surface area contributed by atoms with Gasteiger partial charge in [-0.25, -0.2) is 12.8 Å². The summed E-state index contributed by atoms with van der Waals surface area (Å²) in [5.74, 6) is -1.04. The predicted octanol–water partition coefficient (Wildman–Crippen LogP) is 2.46. The van der Waals surface area contributed by atoms with Gasteiger partial charge in [0.25, 0.3) is 15.9 Å². The zero-order valence-corrected chi connectivity index (χ0v) is 14.9. The zero-order chi connectivity index (χ0) is 18.6. The van der Waals surface area contributed by atoms with Crippen molar-refractivity contribution in [3.05, 3.63) is 58.9 Å².